The molecule has 3 N–H and O–H groups in total. The van der Waals surface area contributed by atoms with Crippen molar-refractivity contribution in [3.63, 3.8) is 0 Å². The summed E-state index contributed by atoms with van der Waals surface area (Å²) in [6.07, 6.45) is -4.35. The van der Waals surface area contributed by atoms with Crippen LogP contribution < -0.4 is 5.73 Å². The monoisotopic (exact) mass is 267 g/mol. The molecule has 0 aromatic heterocycles. The van der Waals surface area contributed by atoms with Gasteiger partial charge in [0.05, 0.1) is 12.2 Å². The highest BCUT2D eigenvalue weighted by Crippen LogP contribution is 2.33. The van der Waals surface area contributed by atoms with Gasteiger partial charge in [-0.3, -0.25) is 0 Å². The highest BCUT2D eigenvalue weighted by atomic mass is 19.4. The number of hydrogen-bond donors (Lipinski definition) is 2. The van der Waals surface area contributed by atoms with E-state index in [-0.39, 0.29) is 6.61 Å². The Balaban J connectivity index is 2.43. The molecule has 0 spiro atoms. The first-order chi connectivity index (χ1) is 8.93. The Labute approximate surface area is 108 Å². The molecule has 0 fully saturated rings. The van der Waals surface area contributed by atoms with Gasteiger partial charge in [0.15, 0.2) is 0 Å². The SMILES string of the molecule is Nc1c(CO)cccc1-c1ccc(C(F)(F)F)cc1. The van der Waals surface area contributed by atoms with Crippen molar-refractivity contribution in [3.05, 3.63) is 53.6 Å². The maximum absolute atomic E-state index is 12.5. The average Bonchev–Trinajstić information content (AvgIpc) is 2.38. The Hall–Kier alpha value is -2.01. The topological polar surface area (TPSA) is 46.2 Å². The molecule has 0 unspecified atom stereocenters. The molecule has 2 nitrogen and oxygen atoms in total. The number of hydrogen-bond acceptors (Lipinski definition) is 2. The third kappa shape index (κ3) is 2.71. The first-order valence-electron chi connectivity index (χ1n) is 5.59. The molecule has 0 radical (unpaired) electrons. The number of aliphatic hydroxyl groups excluding tert-OH is 1. The van der Waals surface area contributed by atoms with Crippen LogP contribution in [-0.4, -0.2) is 5.11 Å². The van der Waals surface area contributed by atoms with Crippen molar-refractivity contribution < 1.29 is 18.3 Å². The van der Waals surface area contributed by atoms with Crippen LogP contribution in [0.3, 0.4) is 0 Å². The van der Waals surface area contributed by atoms with Gasteiger partial charge >= 0.3 is 6.18 Å². The fraction of sp³-hybridized carbons (Fsp3) is 0.143. The molecule has 0 aliphatic rings. The maximum atomic E-state index is 12.5. The van der Waals surface area contributed by atoms with Gasteiger partial charge < -0.3 is 10.8 Å². The van der Waals surface area contributed by atoms with Crippen LogP contribution >= 0.6 is 0 Å². The molecular formula is C14H12F3NO. The number of alkyl halides is 3. The summed E-state index contributed by atoms with van der Waals surface area (Å²) in [5.74, 6) is 0. The standard InChI is InChI=1S/C14H12F3NO/c15-14(16,17)11-6-4-9(5-7-11)12-3-1-2-10(8-19)13(12)18/h1-7,19H,8,18H2. The lowest BCUT2D eigenvalue weighted by Crippen LogP contribution is -2.04. The number of halogens is 3. The van der Waals surface area contributed by atoms with Crippen molar-refractivity contribution in [1.82, 2.24) is 0 Å². The predicted molar refractivity (Wildman–Crippen MR) is 67.2 cm³/mol. The van der Waals surface area contributed by atoms with Gasteiger partial charge in [0.1, 0.15) is 0 Å². The van der Waals surface area contributed by atoms with Gasteiger partial charge in [-0.25, -0.2) is 0 Å². The average molecular weight is 267 g/mol. The molecular weight excluding hydrogens is 255 g/mol. The molecule has 0 aliphatic carbocycles. The number of benzene rings is 2. The number of aliphatic hydroxyl groups is 1. The molecule has 5 heteroatoms. The lowest BCUT2D eigenvalue weighted by Gasteiger charge is -2.11. The van der Waals surface area contributed by atoms with Crippen molar-refractivity contribution in [1.29, 1.82) is 0 Å². The summed E-state index contributed by atoms with van der Waals surface area (Å²) in [5, 5.41) is 9.11. The van der Waals surface area contributed by atoms with Gasteiger partial charge in [0.2, 0.25) is 0 Å². The summed E-state index contributed by atoms with van der Waals surface area (Å²) in [7, 11) is 0. The summed E-state index contributed by atoms with van der Waals surface area (Å²) >= 11 is 0. The number of anilines is 1. The van der Waals surface area contributed by atoms with Gasteiger partial charge in [-0.05, 0) is 17.7 Å². The third-order valence-electron chi connectivity index (χ3n) is 2.89. The predicted octanol–water partition coefficient (Wildman–Crippen LogP) is 3.45. The quantitative estimate of drug-likeness (QED) is 0.819. The summed E-state index contributed by atoms with van der Waals surface area (Å²) in [4.78, 5) is 0. The number of nitrogen functional groups attached to an aromatic ring is 1. The Morgan fingerprint density at radius 2 is 1.63 bits per heavy atom. The Morgan fingerprint density at radius 1 is 1.00 bits per heavy atom. The van der Waals surface area contributed by atoms with E-state index >= 15 is 0 Å². The van der Waals surface area contributed by atoms with Gasteiger partial charge in [-0.1, -0.05) is 30.3 Å². The second kappa shape index (κ2) is 4.93. The number of rotatable bonds is 2. The van der Waals surface area contributed by atoms with E-state index in [0.717, 1.165) is 12.1 Å². The highest BCUT2D eigenvalue weighted by Gasteiger charge is 2.30. The van der Waals surface area contributed by atoms with Gasteiger partial charge in [0.25, 0.3) is 0 Å². The van der Waals surface area contributed by atoms with Crippen molar-refractivity contribution in [2.45, 2.75) is 12.8 Å². The van der Waals surface area contributed by atoms with Crippen LogP contribution in [0.25, 0.3) is 11.1 Å². The molecule has 0 saturated heterocycles. The third-order valence-corrected chi connectivity index (χ3v) is 2.89. The minimum absolute atomic E-state index is 0.208. The largest absolute Gasteiger partial charge is 0.416 e. The second-order valence-electron chi connectivity index (χ2n) is 4.11. The molecule has 2 rings (SSSR count). The number of para-hydroxylation sites is 1. The van der Waals surface area contributed by atoms with Crippen LogP contribution in [-0.2, 0) is 12.8 Å². The zero-order chi connectivity index (χ0) is 14.0. The second-order valence-corrected chi connectivity index (χ2v) is 4.11. The normalized spacial score (nSPS) is 11.6. The molecule has 0 atom stereocenters. The van der Waals surface area contributed by atoms with Gasteiger partial charge in [-0.2, -0.15) is 13.2 Å². The van der Waals surface area contributed by atoms with Crippen molar-refractivity contribution in [2.24, 2.45) is 0 Å². The van der Waals surface area contributed by atoms with Crippen molar-refractivity contribution >= 4 is 5.69 Å². The van der Waals surface area contributed by atoms with Crippen LogP contribution in [0.1, 0.15) is 11.1 Å². The fourth-order valence-electron chi connectivity index (χ4n) is 1.84. The van der Waals surface area contributed by atoms with E-state index in [9.17, 15) is 13.2 Å². The molecule has 2 aromatic carbocycles. The van der Waals surface area contributed by atoms with Crippen LogP contribution in [0.4, 0.5) is 18.9 Å². The van der Waals surface area contributed by atoms with Crippen molar-refractivity contribution in [2.75, 3.05) is 5.73 Å². The van der Waals surface area contributed by atoms with Crippen molar-refractivity contribution in [3.8, 4) is 11.1 Å². The summed E-state index contributed by atoms with van der Waals surface area (Å²) in [5.41, 5.74) is 7.29. The van der Waals surface area contributed by atoms with Gasteiger partial charge in [0, 0.05) is 16.8 Å². The lowest BCUT2D eigenvalue weighted by molar-refractivity contribution is -0.137. The Bertz CT molecular complexity index is 576. The molecule has 19 heavy (non-hydrogen) atoms. The Kier molecular flexibility index (Phi) is 3.48. The summed E-state index contributed by atoms with van der Waals surface area (Å²) in [6, 6.07) is 9.85. The summed E-state index contributed by atoms with van der Waals surface area (Å²) < 4.78 is 37.4. The molecule has 100 valence electrons. The minimum atomic E-state index is -4.35. The van der Waals surface area contributed by atoms with E-state index < -0.39 is 11.7 Å². The molecule has 0 bridgehead atoms. The van der Waals surface area contributed by atoms with E-state index in [1.165, 1.54) is 12.1 Å². The van der Waals surface area contributed by atoms with Crippen LogP contribution in [0, 0.1) is 0 Å². The van der Waals surface area contributed by atoms with E-state index in [0.29, 0.717) is 22.4 Å². The Morgan fingerprint density at radius 3 is 2.16 bits per heavy atom. The summed E-state index contributed by atoms with van der Waals surface area (Å²) in [6.45, 7) is -0.208. The smallest absolute Gasteiger partial charge is 0.398 e. The molecule has 0 aliphatic heterocycles. The highest BCUT2D eigenvalue weighted by molar-refractivity contribution is 5.78. The van der Waals surface area contributed by atoms with E-state index in [1.54, 1.807) is 18.2 Å². The fourth-order valence-corrected chi connectivity index (χ4v) is 1.84. The lowest BCUT2D eigenvalue weighted by atomic mass is 9.99. The van der Waals surface area contributed by atoms with E-state index in [4.69, 9.17) is 10.8 Å². The van der Waals surface area contributed by atoms with Crippen LogP contribution in [0.5, 0.6) is 0 Å². The zero-order valence-corrected chi connectivity index (χ0v) is 9.91. The zero-order valence-electron chi connectivity index (χ0n) is 9.91. The first kappa shape index (κ1) is 13.4. The molecule has 0 amide bonds. The molecule has 2 aromatic rings. The molecule has 0 saturated carbocycles. The minimum Gasteiger partial charge on any atom is -0.398 e. The maximum Gasteiger partial charge on any atom is 0.416 e. The van der Waals surface area contributed by atoms with Crippen LogP contribution in [0.2, 0.25) is 0 Å². The van der Waals surface area contributed by atoms with E-state index in [2.05, 4.69) is 0 Å². The van der Waals surface area contributed by atoms with Crippen LogP contribution in [0.15, 0.2) is 42.5 Å². The van der Waals surface area contributed by atoms with E-state index in [1.807, 2.05) is 0 Å². The first-order valence-corrected chi connectivity index (χ1v) is 5.59. The number of nitrogens with two attached hydrogens (primary N) is 1. The van der Waals surface area contributed by atoms with Gasteiger partial charge in [-0.15, -0.1) is 0 Å². The molecule has 0 heterocycles.